The number of amides is 2. The van der Waals surface area contributed by atoms with E-state index in [4.69, 9.17) is 0 Å². The van der Waals surface area contributed by atoms with E-state index in [9.17, 15) is 9.59 Å². The first-order chi connectivity index (χ1) is 28.0. The van der Waals surface area contributed by atoms with Crippen LogP contribution in [0.25, 0.3) is 35.7 Å². The van der Waals surface area contributed by atoms with E-state index in [-0.39, 0.29) is 46.6 Å². The maximum atomic E-state index is 14.4. The first kappa shape index (κ1) is 43.8. The van der Waals surface area contributed by atoms with Gasteiger partial charge in [-0.2, -0.15) is 0 Å². The van der Waals surface area contributed by atoms with E-state index >= 15 is 0 Å². The van der Waals surface area contributed by atoms with Gasteiger partial charge in [0, 0.05) is 13.1 Å². The van der Waals surface area contributed by atoms with Crippen molar-refractivity contribution >= 4 is 47.5 Å². The van der Waals surface area contributed by atoms with Gasteiger partial charge in [0.05, 0.1) is 22.5 Å². The third-order valence-corrected chi connectivity index (χ3v) is 11.5. The third-order valence-electron chi connectivity index (χ3n) is 11.5. The lowest BCUT2D eigenvalue weighted by atomic mass is 9.79. The summed E-state index contributed by atoms with van der Waals surface area (Å²) in [7, 11) is 0. The molecule has 0 saturated heterocycles. The molecule has 4 heteroatoms. The fraction of sp³-hybridized carbons (Fsp3) is 0.321. The van der Waals surface area contributed by atoms with Crippen molar-refractivity contribution in [2.24, 2.45) is 0 Å². The van der Waals surface area contributed by atoms with Crippen molar-refractivity contribution in [1.82, 2.24) is 9.80 Å². The van der Waals surface area contributed by atoms with Crippen molar-refractivity contribution in [1.29, 1.82) is 0 Å². The first-order valence-electron chi connectivity index (χ1n) is 21.2. The van der Waals surface area contributed by atoms with E-state index in [0.29, 0.717) is 22.5 Å². The number of hydrogen-bond donors (Lipinski definition) is 0. The number of rotatable bonds is 10. The van der Waals surface area contributed by atoms with Crippen LogP contribution in [-0.2, 0) is 31.2 Å². The molecular formula is C56H64N2O2. The molecule has 0 N–H and O–H groups in total. The van der Waals surface area contributed by atoms with E-state index in [1.54, 1.807) is 22.0 Å². The van der Waals surface area contributed by atoms with Gasteiger partial charge in [0.1, 0.15) is 0 Å². The summed E-state index contributed by atoms with van der Waals surface area (Å²) in [6.07, 6.45) is 12.0. The highest BCUT2D eigenvalue weighted by Crippen LogP contribution is 2.46. The molecule has 6 rings (SSSR count). The van der Waals surface area contributed by atoms with Gasteiger partial charge in [-0.05, 0) is 77.3 Å². The van der Waals surface area contributed by atoms with Gasteiger partial charge in [-0.15, -0.1) is 13.2 Å². The monoisotopic (exact) mass is 796 g/mol. The normalized spacial score (nSPS) is 15.3. The third kappa shape index (κ3) is 9.19. The summed E-state index contributed by atoms with van der Waals surface area (Å²) < 4.78 is 0. The Morgan fingerprint density at radius 3 is 0.933 bits per heavy atom. The van der Waals surface area contributed by atoms with Gasteiger partial charge in [0.15, 0.2) is 0 Å². The largest absolute Gasteiger partial charge is 0.303 e. The molecule has 0 aliphatic carbocycles. The van der Waals surface area contributed by atoms with Gasteiger partial charge in [-0.25, -0.2) is 0 Å². The molecule has 0 atom stereocenters. The molecule has 0 spiro atoms. The van der Waals surface area contributed by atoms with Crippen molar-refractivity contribution < 1.29 is 9.59 Å². The van der Waals surface area contributed by atoms with Crippen LogP contribution in [0.3, 0.4) is 0 Å². The summed E-state index contributed by atoms with van der Waals surface area (Å²) in [6, 6.07) is 30.0. The second kappa shape index (κ2) is 16.4. The summed E-state index contributed by atoms with van der Waals surface area (Å²) in [6.45, 7) is 35.5. The first-order valence-corrected chi connectivity index (χ1v) is 21.2. The molecular weight excluding hydrogens is 733 g/mol. The summed E-state index contributed by atoms with van der Waals surface area (Å²) in [4.78, 5) is 32.2. The second-order valence-corrected chi connectivity index (χ2v) is 20.5. The molecule has 4 aromatic rings. The summed E-state index contributed by atoms with van der Waals surface area (Å²) >= 11 is 0. The Balaban J connectivity index is 1.36. The maximum Gasteiger partial charge on any atom is 0.261 e. The molecule has 0 radical (unpaired) electrons. The van der Waals surface area contributed by atoms with Crippen LogP contribution in [0.1, 0.15) is 139 Å². The standard InChI is InChI=1S/C56H64N2O2/c1-15-29-57-49(41-25-21-37(22-26-41)17-19-39-31-43(53(3,4)5)35-44(32-39)54(6,7)8)47-48(51(57)59)50(58(30-16-2)52(47)60)42-27-23-38(24-28-42)18-20-40-33-45(55(9,10)11)36-46(34-40)56(12,13)14/h15-28,31-36H,1-2,29-30H2,3-14H3/b19-17+,20-18+. The van der Waals surface area contributed by atoms with Crippen LogP contribution >= 0.6 is 0 Å². The zero-order valence-corrected chi connectivity index (χ0v) is 38.1. The van der Waals surface area contributed by atoms with Crippen molar-refractivity contribution in [3.05, 3.63) is 177 Å². The SMILES string of the molecule is C=CCN1C(=O)C2=C(c3ccc(/C=C/c4cc(C(C)(C)C)cc(C(C)(C)C)c4)cc3)N(CC=C)C(=O)C2=C1c1ccc(/C=C/c2cc(C(C)(C)C)cc(C(C)(C)C)c2)cc1. The van der Waals surface area contributed by atoms with Gasteiger partial charge in [0.2, 0.25) is 0 Å². The van der Waals surface area contributed by atoms with E-state index in [1.807, 2.05) is 48.5 Å². The zero-order valence-electron chi connectivity index (χ0n) is 38.1. The Bertz CT molecular complexity index is 2220. The molecule has 2 amide bonds. The molecule has 0 aromatic heterocycles. The van der Waals surface area contributed by atoms with E-state index < -0.39 is 0 Å². The van der Waals surface area contributed by atoms with Gasteiger partial charge >= 0.3 is 0 Å². The zero-order chi connectivity index (χ0) is 43.9. The minimum absolute atomic E-state index is 0.0276. The highest BCUT2D eigenvalue weighted by molar-refractivity contribution is 6.30. The van der Waals surface area contributed by atoms with Crippen molar-refractivity contribution in [3.8, 4) is 0 Å². The minimum atomic E-state index is -0.204. The Morgan fingerprint density at radius 1 is 0.417 bits per heavy atom. The number of hydrogen-bond acceptors (Lipinski definition) is 2. The second-order valence-electron chi connectivity index (χ2n) is 20.5. The Hall–Kier alpha value is -5.74. The molecule has 4 nitrogen and oxygen atoms in total. The molecule has 60 heavy (non-hydrogen) atoms. The Morgan fingerprint density at radius 2 is 0.683 bits per heavy atom. The Labute approximate surface area is 360 Å². The average molecular weight is 797 g/mol. The van der Waals surface area contributed by atoms with Crippen molar-refractivity contribution in [2.75, 3.05) is 13.1 Å². The van der Waals surface area contributed by atoms with Crippen LogP contribution < -0.4 is 0 Å². The molecule has 4 aromatic carbocycles. The van der Waals surface area contributed by atoms with E-state index in [0.717, 1.165) is 33.4 Å². The van der Waals surface area contributed by atoms with Crippen molar-refractivity contribution in [3.63, 3.8) is 0 Å². The van der Waals surface area contributed by atoms with Gasteiger partial charge in [-0.1, -0.05) is 204 Å². The number of fused-ring (bicyclic) bond motifs is 1. The number of nitrogens with zero attached hydrogens (tertiary/aromatic N) is 2. The predicted octanol–water partition coefficient (Wildman–Crippen LogP) is 13.4. The quantitative estimate of drug-likeness (QED) is 0.118. The topological polar surface area (TPSA) is 40.6 Å². The van der Waals surface area contributed by atoms with Gasteiger partial charge in [-0.3, -0.25) is 9.59 Å². The number of carbonyl (C=O) groups excluding carboxylic acids is 2. The highest BCUT2D eigenvalue weighted by Gasteiger charge is 2.48. The van der Waals surface area contributed by atoms with Crippen LogP contribution in [-0.4, -0.2) is 34.7 Å². The fourth-order valence-electron chi connectivity index (χ4n) is 7.72. The average Bonchev–Trinajstić information content (AvgIpc) is 3.61. The van der Waals surface area contributed by atoms with Gasteiger partial charge in [0.25, 0.3) is 11.8 Å². The minimum Gasteiger partial charge on any atom is -0.303 e. The summed E-state index contributed by atoms with van der Waals surface area (Å²) in [5.41, 5.74) is 13.4. The maximum absolute atomic E-state index is 14.4. The van der Waals surface area contributed by atoms with Crippen LogP contribution in [0.5, 0.6) is 0 Å². The Kier molecular flexibility index (Phi) is 12.0. The van der Waals surface area contributed by atoms with Crippen molar-refractivity contribution in [2.45, 2.75) is 105 Å². The summed E-state index contributed by atoms with van der Waals surface area (Å²) in [5.74, 6) is -0.408. The fourth-order valence-corrected chi connectivity index (χ4v) is 7.72. The molecule has 2 aliphatic heterocycles. The van der Waals surface area contributed by atoms with E-state index in [1.165, 1.54) is 22.3 Å². The summed E-state index contributed by atoms with van der Waals surface area (Å²) in [5, 5.41) is 0. The lowest BCUT2D eigenvalue weighted by Crippen LogP contribution is -2.30. The smallest absolute Gasteiger partial charge is 0.261 e. The lowest BCUT2D eigenvalue weighted by Gasteiger charge is -2.25. The van der Waals surface area contributed by atoms with Crippen LogP contribution in [0.15, 0.2) is 121 Å². The molecule has 2 heterocycles. The molecule has 0 fully saturated rings. The van der Waals surface area contributed by atoms with Crippen LogP contribution in [0.4, 0.5) is 0 Å². The molecule has 0 bridgehead atoms. The predicted molar refractivity (Wildman–Crippen MR) is 256 cm³/mol. The number of benzene rings is 4. The molecule has 0 saturated carbocycles. The van der Waals surface area contributed by atoms with Crippen LogP contribution in [0.2, 0.25) is 0 Å². The van der Waals surface area contributed by atoms with E-state index in [2.05, 4.69) is 157 Å². The highest BCUT2D eigenvalue weighted by atomic mass is 16.2. The van der Waals surface area contributed by atoms with Crippen LogP contribution in [0, 0.1) is 0 Å². The molecule has 310 valence electrons. The number of carbonyl (C=O) groups is 2. The van der Waals surface area contributed by atoms with Gasteiger partial charge < -0.3 is 9.80 Å². The molecule has 0 unspecified atom stereocenters. The lowest BCUT2D eigenvalue weighted by molar-refractivity contribution is -0.123. The molecule has 2 aliphatic rings.